The van der Waals surface area contributed by atoms with Crippen molar-refractivity contribution in [3.8, 4) is 0 Å². The van der Waals surface area contributed by atoms with Gasteiger partial charge in [0.25, 0.3) is 5.91 Å². The quantitative estimate of drug-likeness (QED) is 0.582. The van der Waals surface area contributed by atoms with Crippen LogP contribution in [0.5, 0.6) is 0 Å². The number of amides is 1. The van der Waals surface area contributed by atoms with Crippen molar-refractivity contribution < 1.29 is 22.7 Å². The molecule has 1 fully saturated rings. The molecule has 0 aliphatic carbocycles. The Morgan fingerprint density at radius 1 is 1.46 bits per heavy atom. The molecule has 0 saturated carbocycles. The van der Waals surface area contributed by atoms with Crippen LogP contribution in [0.1, 0.15) is 4.88 Å². The molecule has 1 unspecified atom stereocenters. The maximum Gasteiger partial charge on any atom is 0.271 e. The summed E-state index contributed by atoms with van der Waals surface area (Å²) in [5.41, 5.74) is -0.0276. The minimum Gasteiger partial charge on any atom is -0.373 e. The van der Waals surface area contributed by atoms with E-state index in [9.17, 15) is 18.0 Å². The van der Waals surface area contributed by atoms with Gasteiger partial charge in [0, 0.05) is 24.5 Å². The molecule has 1 aromatic heterocycles. The first-order chi connectivity index (χ1) is 13.3. The van der Waals surface area contributed by atoms with Crippen molar-refractivity contribution in [3.63, 3.8) is 0 Å². The molecule has 0 spiro atoms. The first-order valence-corrected chi connectivity index (χ1v) is 11.6. The number of sulfonamides is 1. The summed E-state index contributed by atoms with van der Waals surface area (Å²) in [6.45, 7) is 1.92. The second kappa shape index (κ2) is 8.91. The number of nitrogens with one attached hydrogen (secondary N) is 1. The van der Waals surface area contributed by atoms with Crippen LogP contribution >= 0.6 is 22.9 Å². The van der Waals surface area contributed by atoms with Crippen molar-refractivity contribution in [2.24, 2.45) is 0 Å². The molecule has 8 nitrogen and oxygen atoms in total. The number of halogens is 1. The molecule has 1 N–H and O–H groups in total. The molecule has 0 radical (unpaired) electrons. The summed E-state index contributed by atoms with van der Waals surface area (Å²) in [6.07, 6.45) is 2.04. The van der Waals surface area contributed by atoms with E-state index in [1.807, 2.05) is 11.9 Å². The van der Waals surface area contributed by atoms with Gasteiger partial charge in [0.05, 0.1) is 22.8 Å². The number of carbonyl (C=O) groups excluding carboxylic acids is 2. The van der Waals surface area contributed by atoms with Crippen molar-refractivity contribution in [3.05, 3.63) is 33.1 Å². The average molecular weight is 448 g/mol. The highest BCUT2D eigenvalue weighted by Crippen LogP contribution is 2.22. The second-order valence-corrected chi connectivity index (χ2v) is 10.4. The number of likely N-dealkylation sites (N-methyl/N-ethyl adjacent to an activating group) is 1. The van der Waals surface area contributed by atoms with Crippen molar-refractivity contribution in [2.75, 3.05) is 39.0 Å². The van der Waals surface area contributed by atoms with Crippen LogP contribution in [0, 0.1) is 0 Å². The molecule has 2 aliphatic heterocycles. The van der Waals surface area contributed by atoms with Crippen LogP contribution in [0.3, 0.4) is 0 Å². The number of thiophene rings is 1. The van der Waals surface area contributed by atoms with Gasteiger partial charge in [0.1, 0.15) is 18.0 Å². The van der Waals surface area contributed by atoms with Crippen LogP contribution in [0.15, 0.2) is 23.9 Å². The van der Waals surface area contributed by atoms with Gasteiger partial charge in [-0.3, -0.25) is 9.52 Å². The smallest absolute Gasteiger partial charge is 0.271 e. The molecule has 11 heteroatoms. The lowest BCUT2D eigenvalue weighted by Crippen LogP contribution is -2.54. The molecule has 154 valence electrons. The Morgan fingerprint density at radius 2 is 2.25 bits per heavy atom. The zero-order chi connectivity index (χ0) is 20.3. The molecular weight excluding hydrogens is 426 g/mol. The zero-order valence-corrected chi connectivity index (χ0v) is 17.7. The van der Waals surface area contributed by atoms with Gasteiger partial charge >= 0.3 is 0 Å². The molecule has 2 atom stereocenters. The van der Waals surface area contributed by atoms with Crippen LogP contribution < -0.4 is 4.72 Å². The predicted molar refractivity (Wildman–Crippen MR) is 107 cm³/mol. The van der Waals surface area contributed by atoms with E-state index in [2.05, 4.69) is 4.72 Å². The van der Waals surface area contributed by atoms with Crippen LogP contribution in [-0.2, 0) is 30.8 Å². The van der Waals surface area contributed by atoms with Gasteiger partial charge in [0.15, 0.2) is 0 Å². The van der Waals surface area contributed by atoms with Crippen LogP contribution in [0.25, 0.3) is 0 Å². The lowest BCUT2D eigenvalue weighted by Gasteiger charge is -2.36. The van der Waals surface area contributed by atoms with Crippen LogP contribution in [0.4, 0.5) is 0 Å². The van der Waals surface area contributed by atoms with E-state index in [1.54, 1.807) is 12.1 Å². The SMILES string of the molecule is CN1CCOC([C@@H](C=O)N2CC=C(NS(=O)(=O)CCc3ccc(Cl)s3)C2=O)C1. The number of hydrogen-bond donors (Lipinski definition) is 1. The van der Waals surface area contributed by atoms with Crippen molar-refractivity contribution >= 4 is 45.2 Å². The average Bonchev–Trinajstić information content (AvgIpc) is 3.21. The van der Waals surface area contributed by atoms with Gasteiger partial charge in [0.2, 0.25) is 10.0 Å². The lowest BCUT2D eigenvalue weighted by atomic mass is 10.1. The Labute approximate surface area is 173 Å². The highest BCUT2D eigenvalue weighted by atomic mass is 35.5. The third-order valence-corrected chi connectivity index (χ3v) is 7.24. The number of rotatable bonds is 8. The fraction of sp³-hybridized carbons (Fsp3) is 0.529. The minimum absolute atomic E-state index is 0.0276. The summed E-state index contributed by atoms with van der Waals surface area (Å²) in [6, 6.07) is 2.73. The topological polar surface area (TPSA) is 96.0 Å². The van der Waals surface area contributed by atoms with Crippen LogP contribution in [0.2, 0.25) is 4.34 Å². The van der Waals surface area contributed by atoms with E-state index in [4.69, 9.17) is 16.3 Å². The summed E-state index contributed by atoms with van der Waals surface area (Å²) in [5, 5.41) is 0. The largest absolute Gasteiger partial charge is 0.373 e. The minimum atomic E-state index is -3.71. The maximum atomic E-state index is 12.7. The zero-order valence-electron chi connectivity index (χ0n) is 15.3. The number of hydrogen-bond acceptors (Lipinski definition) is 7. The number of ether oxygens (including phenoxy) is 1. The Morgan fingerprint density at radius 3 is 2.89 bits per heavy atom. The van der Waals surface area contributed by atoms with Gasteiger partial charge in [-0.2, -0.15) is 0 Å². The highest BCUT2D eigenvalue weighted by Gasteiger charge is 2.38. The standard InChI is InChI=1S/C17H22ClN3O5S2/c1-20-7-8-26-15(10-20)14(11-22)21-6-4-13(17(21)23)19-28(24,25)9-5-12-2-3-16(18)27-12/h2-4,11,14-15,19H,5-10H2,1H3/t14-,15?/m1/s1. The van der Waals surface area contributed by atoms with Gasteiger partial charge in [-0.15, -0.1) is 11.3 Å². The van der Waals surface area contributed by atoms with E-state index in [0.717, 1.165) is 11.4 Å². The molecule has 1 saturated heterocycles. The highest BCUT2D eigenvalue weighted by molar-refractivity contribution is 7.89. The first kappa shape index (κ1) is 21.3. The molecule has 1 amide bonds. The number of nitrogens with zero attached hydrogens (tertiary/aromatic N) is 2. The first-order valence-electron chi connectivity index (χ1n) is 8.80. The maximum absolute atomic E-state index is 12.7. The normalized spacial score (nSPS) is 22.2. The number of aryl methyl sites for hydroxylation is 1. The molecule has 0 bridgehead atoms. The molecule has 3 heterocycles. The van der Waals surface area contributed by atoms with Crippen molar-refractivity contribution in [2.45, 2.75) is 18.6 Å². The van der Waals surface area contributed by atoms with Crippen molar-refractivity contribution in [1.82, 2.24) is 14.5 Å². The van der Waals surface area contributed by atoms with E-state index < -0.39 is 28.1 Å². The molecule has 0 aromatic carbocycles. The predicted octanol–water partition coefficient (Wildman–Crippen LogP) is 0.488. The Kier molecular flexibility index (Phi) is 6.77. The second-order valence-electron chi connectivity index (χ2n) is 6.75. The van der Waals surface area contributed by atoms with E-state index >= 15 is 0 Å². The molecule has 2 aliphatic rings. The summed E-state index contributed by atoms with van der Waals surface area (Å²) < 4.78 is 33.3. The van der Waals surface area contributed by atoms with E-state index in [-0.39, 0.29) is 18.0 Å². The van der Waals surface area contributed by atoms with E-state index in [0.29, 0.717) is 30.2 Å². The summed E-state index contributed by atoms with van der Waals surface area (Å²) in [5.74, 6) is -0.682. The Hall–Kier alpha value is -1.46. The fourth-order valence-corrected chi connectivity index (χ4v) is 5.49. The summed E-state index contributed by atoms with van der Waals surface area (Å²) in [4.78, 5) is 28.5. The Balaban J connectivity index is 1.59. The monoisotopic (exact) mass is 447 g/mol. The van der Waals surface area contributed by atoms with Crippen molar-refractivity contribution in [1.29, 1.82) is 0 Å². The summed E-state index contributed by atoms with van der Waals surface area (Å²) >= 11 is 7.17. The molecule has 1 aromatic rings. The molecule has 3 rings (SSSR count). The number of morpholine rings is 1. The third-order valence-electron chi connectivity index (χ3n) is 4.67. The van der Waals surface area contributed by atoms with Crippen LogP contribution in [-0.4, -0.2) is 81.6 Å². The number of aldehydes is 1. The van der Waals surface area contributed by atoms with Gasteiger partial charge < -0.3 is 19.3 Å². The Bertz CT molecular complexity index is 870. The molecular formula is C17H22ClN3O5S2. The van der Waals surface area contributed by atoms with Gasteiger partial charge in [-0.25, -0.2) is 8.42 Å². The fourth-order valence-electron chi connectivity index (χ4n) is 3.18. The lowest BCUT2D eigenvalue weighted by molar-refractivity contribution is -0.139. The summed E-state index contributed by atoms with van der Waals surface area (Å²) in [7, 11) is -1.79. The number of carbonyl (C=O) groups is 2. The molecule has 28 heavy (non-hydrogen) atoms. The van der Waals surface area contributed by atoms with Gasteiger partial charge in [-0.05, 0) is 31.7 Å². The van der Waals surface area contributed by atoms with E-state index in [1.165, 1.54) is 22.3 Å². The van der Waals surface area contributed by atoms with Gasteiger partial charge in [-0.1, -0.05) is 11.6 Å². The third kappa shape index (κ3) is 5.12.